The summed E-state index contributed by atoms with van der Waals surface area (Å²) in [5.41, 5.74) is 3.54. The smallest absolute Gasteiger partial charge is 0.334 e. The van der Waals surface area contributed by atoms with E-state index in [4.69, 9.17) is 14.2 Å². The zero-order chi connectivity index (χ0) is 30.8. The Morgan fingerprint density at radius 1 is 1.00 bits per heavy atom. The average molecular weight is 605 g/mol. The summed E-state index contributed by atoms with van der Waals surface area (Å²) in [5.74, 6) is 1.54. The van der Waals surface area contributed by atoms with Gasteiger partial charge in [0.05, 0.1) is 19.3 Å². The normalized spacial score (nSPS) is 45.8. The van der Waals surface area contributed by atoms with Crippen LogP contribution in [-0.2, 0) is 23.8 Å². The Hall–Kier alpha value is -1.66. The van der Waals surface area contributed by atoms with Gasteiger partial charge in [-0.05, 0) is 98.0 Å². The van der Waals surface area contributed by atoms with Crippen molar-refractivity contribution >= 4 is 11.8 Å². The van der Waals surface area contributed by atoms with Crippen LogP contribution in [0.5, 0.6) is 0 Å². The molecule has 10 heteroatoms. The zero-order valence-corrected chi connectivity index (χ0v) is 25.5. The molecule has 0 bridgehead atoms. The lowest BCUT2D eigenvalue weighted by molar-refractivity contribution is -0.299. The fraction of sp³-hybridized carbons (Fsp3) is 0.818. The lowest BCUT2D eigenvalue weighted by atomic mass is 9.52. The van der Waals surface area contributed by atoms with E-state index < -0.39 is 43.4 Å². The van der Waals surface area contributed by atoms with Crippen molar-refractivity contribution in [2.24, 2.45) is 35.0 Å². The summed E-state index contributed by atoms with van der Waals surface area (Å²) in [5, 5.41) is 50.2. The average Bonchev–Trinajstić information content (AvgIpc) is 3.33. The van der Waals surface area contributed by atoms with Gasteiger partial charge in [0.25, 0.3) is 0 Å². The maximum atomic E-state index is 13.0. The van der Waals surface area contributed by atoms with Crippen LogP contribution in [0.15, 0.2) is 22.3 Å². The summed E-state index contributed by atoms with van der Waals surface area (Å²) in [6.45, 7) is 5.74. The lowest BCUT2D eigenvalue weighted by Gasteiger charge is -2.53. The third kappa shape index (κ3) is 5.34. The molecule has 0 radical (unpaired) electrons. The van der Waals surface area contributed by atoms with Crippen molar-refractivity contribution < 1.29 is 49.3 Å². The number of cyclic esters (lactones) is 1. The van der Waals surface area contributed by atoms with Gasteiger partial charge in [-0.15, -0.1) is 0 Å². The first-order chi connectivity index (χ1) is 20.4. The maximum absolute atomic E-state index is 13.0. The topological polar surface area (TPSA) is 163 Å². The van der Waals surface area contributed by atoms with Gasteiger partial charge < -0.3 is 39.7 Å². The van der Waals surface area contributed by atoms with E-state index in [1.807, 2.05) is 0 Å². The van der Waals surface area contributed by atoms with Crippen LogP contribution in [-0.4, -0.2) is 93.4 Å². The molecule has 0 aromatic heterocycles. The van der Waals surface area contributed by atoms with Gasteiger partial charge >= 0.3 is 5.97 Å². The van der Waals surface area contributed by atoms with Crippen molar-refractivity contribution in [3.63, 3.8) is 0 Å². The van der Waals surface area contributed by atoms with Crippen molar-refractivity contribution in [1.29, 1.82) is 0 Å². The van der Waals surface area contributed by atoms with Gasteiger partial charge in [0.2, 0.25) is 0 Å². The quantitative estimate of drug-likeness (QED) is 0.283. The van der Waals surface area contributed by atoms with Crippen LogP contribution in [0.1, 0.15) is 78.6 Å². The van der Waals surface area contributed by atoms with Crippen molar-refractivity contribution in [3.8, 4) is 0 Å². The highest BCUT2D eigenvalue weighted by Gasteiger charge is 2.58. The van der Waals surface area contributed by atoms with Gasteiger partial charge in [0.1, 0.15) is 30.5 Å². The second-order valence-corrected chi connectivity index (χ2v) is 14.4. The molecule has 6 rings (SSSR count). The van der Waals surface area contributed by atoms with Gasteiger partial charge in [0.15, 0.2) is 12.1 Å². The number of hydrogen-bond acceptors (Lipinski definition) is 10. The van der Waals surface area contributed by atoms with Crippen LogP contribution in [0.2, 0.25) is 0 Å². The molecule has 6 aliphatic rings. The van der Waals surface area contributed by atoms with Crippen LogP contribution >= 0.6 is 0 Å². The van der Waals surface area contributed by atoms with E-state index in [1.165, 1.54) is 5.57 Å². The molecule has 10 nitrogen and oxygen atoms in total. The molecule has 4 aliphatic carbocycles. The zero-order valence-electron chi connectivity index (χ0n) is 25.5. The molecule has 0 aromatic carbocycles. The third-order valence-corrected chi connectivity index (χ3v) is 12.3. The Kier molecular flexibility index (Phi) is 8.69. The van der Waals surface area contributed by atoms with Gasteiger partial charge in [-0.3, -0.25) is 4.79 Å². The number of allylic oxidation sites excluding steroid dienone is 1. The van der Waals surface area contributed by atoms with E-state index in [9.17, 15) is 35.1 Å². The number of aliphatic hydroxyl groups is 5. The van der Waals surface area contributed by atoms with Crippen molar-refractivity contribution in [2.45, 2.75) is 121 Å². The van der Waals surface area contributed by atoms with E-state index >= 15 is 0 Å². The van der Waals surface area contributed by atoms with Gasteiger partial charge in [-0.1, -0.05) is 19.4 Å². The highest BCUT2D eigenvalue weighted by molar-refractivity contribution is 5.98. The second-order valence-electron chi connectivity index (χ2n) is 14.4. The highest BCUT2D eigenvalue weighted by Crippen LogP contribution is 2.64. The predicted octanol–water partition coefficient (Wildman–Crippen LogP) is 1.94. The Morgan fingerprint density at radius 3 is 2.51 bits per heavy atom. The minimum Gasteiger partial charge on any atom is -0.458 e. The Morgan fingerprint density at radius 2 is 1.77 bits per heavy atom. The fourth-order valence-corrected chi connectivity index (χ4v) is 9.90. The van der Waals surface area contributed by atoms with E-state index in [2.05, 4.69) is 13.8 Å². The molecule has 5 unspecified atom stereocenters. The number of fused-ring (bicyclic) bond motifs is 4. The number of carbonyl (C=O) groups excluding carboxylic acids is 2. The summed E-state index contributed by atoms with van der Waals surface area (Å²) in [7, 11) is 0. The predicted molar refractivity (Wildman–Crippen MR) is 153 cm³/mol. The minimum atomic E-state index is -1.53. The molecule has 13 atom stereocenters. The number of ether oxygens (including phenoxy) is 3. The molecule has 2 aliphatic heterocycles. The molecule has 2 saturated carbocycles. The monoisotopic (exact) mass is 604 g/mol. The first-order valence-electron chi connectivity index (χ1n) is 16.2. The molecule has 3 fully saturated rings. The molecule has 0 amide bonds. The van der Waals surface area contributed by atoms with Gasteiger partial charge in [-0.25, -0.2) is 4.79 Å². The molecular weight excluding hydrogens is 556 g/mol. The minimum absolute atomic E-state index is 0.0126. The molecule has 0 aromatic rings. The Balaban J connectivity index is 1.13. The summed E-state index contributed by atoms with van der Waals surface area (Å²) in [6.07, 6.45) is -0.133. The largest absolute Gasteiger partial charge is 0.458 e. The fourth-order valence-electron chi connectivity index (χ4n) is 9.90. The number of esters is 1. The van der Waals surface area contributed by atoms with Crippen molar-refractivity contribution in [2.75, 3.05) is 13.2 Å². The first kappa shape index (κ1) is 31.3. The lowest BCUT2D eigenvalue weighted by Crippen LogP contribution is -2.59. The number of Topliss-reactive ketones (excluding diaryl/α,β-unsaturated/α-hetero) is 1. The summed E-state index contributed by atoms with van der Waals surface area (Å²) in [4.78, 5) is 26.0. The number of rotatable bonds is 6. The van der Waals surface area contributed by atoms with Crippen LogP contribution in [0, 0.1) is 35.0 Å². The maximum Gasteiger partial charge on any atom is 0.334 e. The van der Waals surface area contributed by atoms with Gasteiger partial charge in [0, 0.05) is 18.4 Å². The summed E-state index contributed by atoms with van der Waals surface area (Å²) >= 11 is 0. The summed E-state index contributed by atoms with van der Waals surface area (Å²) < 4.78 is 17.3. The highest BCUT2D eigenvalue weighted by atomic mass is 16.7. The molecule has 2 heterocycles. The van der Waals surface area contributed by atoms with Crippen LogP contribution < -0.4 is 0 Å². The Labute approximate surface area is 253 Å². The molecule has 1 saturated heterocycles. The number of aliphatic hydroxyl groups excluding tert-OH is 5. The number of ketones is 1. The van der Waals surface area contributed by atoms with Crippen molar-refractivity contribution in [1.82, 2.24) is 0 Å². The SMILES string of the molecule is CC1=C(COC2OC(CO)C(O)C(O)C2O)C[C@H]([C@@H](C)[C@H]2CC[C@H]3[C@@H]4CCC5=C(C(=O)C[C@H](O)C5)[C@H]4CC[C@]23C)OC1=O. The van der Waals surface area contributed by atoms with Crippen LogP contribution in [0.3, 0.4) is 0 Å². The number of carbonyl (C=O) groups is 2. The van der Waals surface area contributed by atoms with E-state index in [-0.39, 0.29) is 42.2 Å². The molecular formula is C33H48O10. The number of hydrogen-bond donors (Lipinski definition) is 5. The second kappa shape index (κ2) is 11.9. The van der Waals surface area contributed by atoms with Gasteiger partial charge in [-0.2, -0.15) is 0 Å². The van der Waals surface area contributed by atoms with E-state index in [0.29, 0.717) is 42.1 Å². The molecule has 5 N–H and O–H groups in total. The standard InChI is InChI=1S/C33H48O10/c1-15-18(14-41-32-30(39)29(38)28(37)26(13-34)43-32)11-25(42-31(15)40)16(2)22-6-7-23-20-5-4-17-10-19(35)12-24(36)27(17)21(20)8-9-33(22,23)3/h16,19-23,25-26,28-30,32,34-35,37-39H,4-14H2,1-3H3/t16-,19+,20+,21-,22+,23-,25+,26?,28?,29?,30?,32?,33+/m0/s1. The molecule has 43 heavy (non-hydrogen) atoms. The molecule has 0 spiro atoms. The summed E-state index contributed by atoms with van der Waals surface area (Å²) in [6, 6.07) is 0. The van der Waals surface area contributed by atoms with Crippen LogP contribution in [0.25, 0.3) is 0 Å². The Bertz CT molecular complexity index is 1180. The van der Waals surface area contributed by atoms with E-state index in [0.717, 1.165) is 49.7 Å². The van der Waals surface area contributed by atoms with E-state index in [1.54, 1.807) is 6.92 Å². The molecule has 240 valence electrons. The van der Waals surface area contributed by atoms with Crippen molar-refractivity contribution in [3.05, 3.63) is 22.3 Å². The third-order valence-electron chi connectivity index (χ3n) is 12.3. The first-order valence-corrected chi connectivity index (χ1v) is 16.2. The van der Waals surface area contributed by atoms with Crippen LogP contribution in [0.4, 0.5) is 0 Å².